The molecule has 1 aliphatic heterocycles. The lowest BCUT2D eigenvalue weighted by Crippen LogP contribution is -2.20. The van der Waals surface area contributed by atoms with Crippen LogP contribution in [0, 0.1) is 11.8 Å². The molecule has 1 aliphatic carbocycles. The zero-order chi connectivity index (χ0) is 20.8. The summed E-state index contributed by atoms with van der Waals surface area (Å²) in [5.74, 6) is -1.22. The average molecular weight is 408 g/mol. The molecule has 3 unspecified atom stereocenters. The molecular formula is C19H15F3N2O5. The third kappa shape index (κ3) is 3.82. The number of halogens is 3. The zero-order valence-electron chi connectivity index (χ0n) is 15.0. The second kappa shape index (κ2) is 6.94. The highest BCUT2D eigenvalue weighted by Gasteiger charge is 2.39. The molecule has 3 heterocycles. The lowest BCUT2D eigenvalue weighted by atomic mass is 9.84. The van der Waals surface area contributed by atoms with Gasteiger partial charge in [0.15, 0.2) is 5.76 Å². The zero-order valence-corrected chi connectivity index (χ0v) is 15.0. The Balaban J connectivity index is 1.59. The average Bonchev–Trinajstić information content (AvgIpc) is 3.24. The molecule has 0 saturated heterocycles. The van der Waals surface area contributed by atoms with Crippen molar-refractivity contribution in [1.82, 2.24) is 9.97 Å². The minimum absolute atomic E-state index is 0.0919. The van der Waals surface area contributed by atoms with E-state index < -0.39 is 24.1 Å². The minimum atomic E-state index is -4.77. The quantitative estimate of drug-likeness (QED) is 0.772. The third-order valence-electron chi connectivity index (χ3n) is 4.82. The van der Waals surface area contributed by atoms with Crippen LogP contribution >= 0.6 is 0 Å². The highest BCUT2D eigenvalue weighted by atomic mass is 19.4. The van der Waals surface area contributed by atoms with E-state index in [4.69, 9.17) is 9.15 Å². The number of rotatable bonds is 4. The van der Waals surface area contributed by atoms with Crippen LogP contribution in [0.25, 0.3) is 11.5 Å². The SMILES string of the molecule is CC1C=C(OC(F)(F)F)C=CC1CC1OC(=O)c2c(-c3ccco3)nc(=O)[nH]c21. The van der Waals surface area contributed by atoms with Crippen LogP contribution in [-0.2, 0) is 9.47 Å². The van der Waals surface area contributed by atoms with Gasteiger partial charge >= 0.3 is 18.0 Å². The molecule has 0 amide bonds. The fourth-order valence-corrected chi connectivity index (χ4v) is 3.52. The van der Waals surface area contributed by atoms with Crippen LogP contribution in [0.5, 0.6) is 0 Å². The van der Waals surface area contributed by atoms with Gasteiger partial charge in [0.2, 0.25) is 0 Å². The molecule has 29 heavy (non-hydrogen) atoms. The molecule has 10 heteroatoms. The lowest BCUT2D eigenvalue weighted by molar-refractivity contribution is -0.303. The summed E-state index contributed by atoms with van der Waals surface area (Å²) in [5.41, 5.74) is -0.169. The predicted molar refractivity (Wildman–Crippen MR) is 92.4 cm³/mol. The predicted octanol–water partition coefficient (Wildman–Crippen LogP) is 3.87. The third-order valence-corrected chi connectivity index (χ3v) is 4.82. The Morgan fingerprint density at radius 1 is 1.31 bits per heavy atom. The molecule has 3 atom stereocenters. The van der Waals surface area contributed by atoms with Gasteiger partial charge in [-0.3, -0.25) is 0 Å². The number of hydrogen-bond acceptors (Lipinski definition) is 6. The highest BCUT2D eigenvalue weighted by Crippen LogP contribution is 2.40. The Kier molecular flexibility index (Phi) is 4.56. The number of allylic oxidation sites excluding steroid dienone is 3. The maximum Gasteiger partial charge on any atom is 0.573 e. The number of cyclic esters (lactones) is 1. The molecular weight excluding hydrogens is 393 g/mol. The summed E-state index contributed by atoms with van der Waals surface area (Å²) in [6.45, 7) is 1.73. The number of furan rings is 1. The number of aromatic amines is 1. The molecule has 0 spiro atoms. The first-order chi connectivity index (χ1) is 13.7. The Bertz CT molecular complexity index is 1050. The van der Waals surface area contributed by atoms with E-state index in [2.05, 4.69) is 14.7 Å². The second-order valence-electron chi connectivity index (χ2n) is 6.79. The number of fused-ring (bicyclic) bond motifs is 1. The molecule has 0 radical (unpaired) electrons. The Hall–Kier alpha value is -3.30. The summed E-state index contributed by atoms with van der Waals surface area (Å²) < 4.78 is 51.8. The van der Waals surface area contributed by atoms with E-state index in [-0.39, 0.29) is 46.7 Å². The molecule has 2 aromatic heterocycles. The van der Waals surface area contributed by atoms with Crippen molar-refractivity contribution in [3.05, 3.63) is 64.1 Å². The Morgan fingerprint density at radius 3 is 2.76 bits per heavy atom. The van der Waals surface area contributed by atoms with Crippen LogP contribution in [0.3, 0.4) is 0 Å². The van der Waals surface area contributed by atoms with Crippen molar-refractivity contribution in [1.29, 1.82) is 0 Å². The number of carbonyl (C=O) groups excluding carboxylic acids is 1. The molecule has 7 nitrogen and oxygen atoms in total. The molecule has 0 fully saturated rings. The standard InChI is InChI=1S/C19H15F3N2O5/c1-9-7-11(29-19(20,21)22)5-4-10(9)8-13-16-14(17(25)28-13)15(23-18(26)24-16)12-3-2-6-27-12/h2-7,9-10,13H,8H2,1H3,(H,23,24,26). The fraction of sp³-hybridized carbons (Fsp3) is 0.316. The molecule has 2 aromatic rings. The number of nitrogens with zero attached hydrogens (tertiary/aromatic N) is 1. The summed E-state index contributed by atoms with van der Waals surface area (Å²) >= 11 is 0. The smallest absolute Gasteiger partial charge is 0.463 e. The van der Waals surface area contributed by atoms with Gasteiger partial charge in [0.05, 0.1) is 12.0 Å². The number of carbonyl (C=O) groups is 1. The van der Waals surface area contributed by atoms with E-state index in [1.165, 1.54) is 18.4 Å². The van der Waals surface area contributed by atoms with Gasteiger partial charge in [-0.25, -0.2) is 9.59 Å². The van der Waals surface area contributed by atoms with Crippen LogP contribution in [-0.4, -0.2) is 22.3 Å². The number of aromatic nitrogens is 2. The lowest BCUT2D eigenvalue weighted by Gasteiger charge is -2.25. The summed E-state index contributed by atoms with van der Waals surface area (Å²) in [6, 6.07) is 3.17. The number of hydrogen-bond donors (Lipinski definition) is 1. The van der Waals surface area contributed by atoms with E-state index in [1.54, 1.807) is 25.1 Å². The van der Waals surface area contributed by atoms with Gasteiger partial charge in [0, 0.05) is 0 Å². The molecule has 1 N–H and O–H groups in total. The van der Waals surface area contributed by atoms with E-state index in [9.17, 15) is 22.8 Å². The Labute approximate surface area is 161 Å². The molecule has 4 rings (SSSR count). The summed E-state index contributed by atoms with van der Waals surface area (Å²) in [5, 5.41) is 0. The van der Waals surface area contributed by atoms with Crippen molar-refractivity contribution >= 4 is 5.97 Å². The van der Waals surface area contributed by atoms with Crippen LogP contribution < -0.4 is 5.69 Å². The first-order valence-electron chi connectivity index (χ1n) is 8.76. The van der Waals surface area contributed by atoms with Gasteiger partial charge < -0.3 is 18.9 Å². The van der Waals surface area contributed by atoms with Crippen molar-refractivity contribution in [2.75, 3.05) is 0 Å². The van der Waals surface area contributed by atoms with Crippen molar-refractivity contribution in [3.8, 4) is 11.5 Å². The number of nitrogens with one attached hydrogen (secondary N) is 1. The fourth-order valence-electron chi connectivity index (χ4n) is 3.52. The van der Waals surface area contributed by atoms with Gasteiger partial charge in [-0.05, 0) is 42.5 Å². The molecule has 2 aliphatic rings. The molecule has 0 aromatic carbocycles. The van der Waals surface area contributed by atoms with E-state index >= 15 is 0 Å². The number of ether oxygens (including phenoxy) is 2. The normalized spacial score (nSPS) is 23.5. The van der Waals surface area contributed by atoms with Gasteiger partial charge in [0.25, 0.3) is 0 Å². The molecule has 152 valence electrons. The first-order valence-corrected chi connectivity index (χ1v) is 8.76. The van der Waals surface area contributed by atoms with Crippen molar-refractivity contribution in [2.45, 2.75) is 25.8 Å². The number of H-pyrrole nitrogens is 1. The van der Waals surface area contributed by atoms with Crippen LogP contribution in [0.2, 0.25) is 0 Å². The molecule has 0 bridgehead atoms. The number of alkyl halides is 3. The second-order valence-corrected chi connectivity index (χ2v) is 6.79. The largest absolute Gasteiger partial charge is 0.573 e. The maximum absolute atomic E-state index is 12.4. The molecule has 0 saturated carbocycles. The first kappa shape index (κ1) is 19.0. The van der Waals surface area contributed by atoms with Gasteiger partial charge in [-0.1, -0.05) is 13.0 Å². The van der Waals surface area contributed by atoms with Crippen molar-refractivity contribution in [2.24, 2.45) is 11.8 Å². The number of esters is 1. The van der Waals surface area contributed by atoms with Gasteiger partial charge in [-0.15, -0.1) is 13.2 Å². The maximum atomic E-state index is 12.4. The van der Waals surface area contributed by atoms with Crippen LogP contribution in [0.1, 0.15) is 35.5 Å². The Morgan fingerprint density at radius 2 is 2.10 bits per heavy atom. The topological polar surface area (TPSA) is 94.4 Å². The monoisotopic (exact) mass is 408 g/mol. The van der Waals surface area contributed by atoms with Gasteiger partial charge in [0.1, 0.15) is 23.1 Å². The van der Waals surface area contributed by atoms with Crippen molar-refractivity contribution < 1.29 is 31.9 Å². The van der Waals surface area contributed by atoms with E-state index in [0.29, 0.717) is 0 Å². The summed E-state index contributed by atoms with van der Waals surface area (Å²) in [4.78, 5) is 30.8. The minimum Gasteiger partial charge on any atom is -0.463 e. The van der Waals surface area contributed by atoms with Gasteiger partial charge in [-0.2, -0.15) is 4.98 Å². The van der Waals surface area contributed by atoms with Crippen LogP contribution in [0.15, 0.2) is 51.6 Å². The van der Waals surface area contributed by atoms with E-state index in [0.717, 1.165) is 0 Å². The van der Waals surface area contributed by atoms with Crippen molar-refractivity contribution in [3.63, 3.8) is 0 Å². The summed E-state index contributed by atoms with van der Waals surface area (Å²) in [7, 11) is 0. The summed E-state index contributed by atoms with van der Waals surface area (Å²) in [6.07, 6.45) is 0.297. The van der Waals surface area contributed by atoms with E-state index in [1.807, 2.05) is 0 Å². The highest BCUT2D eigenvalue weighted by molar-refractivity contribution is 5.98. The van der Waals surface area contributed by atoms with Crippen LogP contribution in [0.4, 0.5) is 13.2 Å².